The fourth-order valence-electron chi connectivity index (χ4n) is 1.28. The van der Waals surface area contributed by atoms with Crippen molar-refractivity contribution >= 4 is 34.9 Å². The molecule has 5 nitrogen and oxygen atoms in total. The van der Waals surface area contributed by atoms with Gasteiger partial charge in [-0.15, -0.1) is 0 Å². The minimum absolute atomic E-state index is 0.299. The second-order valence-electron chi connectivity index (χ2n) is 3.55. The Hall–Kier alpha value is -1.64. The van der Waals surface area contributed by atoms with Crippen LogP contribution in [0.5, 0.6) is 0 Å². The normalized spacial score (nSPS) is 12.4. The molecule has 1 rings (SSSR count). The largest absolute Gasteiger partial charge is 0.477 e. The first kappa shape index (κ1) is 16.4. The van der Waals surface area contributed by atoms with E-state index in [0.29, 0.717) is 5.01 Å². The van der Waals surface area contributed by atoms with Crippen molar-refractivity contribution in [2.24, 2.45) is 11.6 Å². The lowest BCUT2D eigenvalue weighted by Crippen LogP contribution is -2.28. The third-order valence-corrected chi connectivity index (χ3v) is 2.86. The average Bonchev–Trinajstić information content (AvgIpc) is 2.26. The van der Waals surface area contributed by atoms with Gasteiger partial charge in [0.1, 0.15) is 5.70 Å². The molecule has 5 N–H and O–H groups in total. The van der Waals surface area contributed by atoms with Gasteiger partial charge < -0.3 is 10.8 Å². The highest BCUT2D eigenvalue weighted by Crippen LogP contribution is 2.43. The number of hydrogen-bond acceptors (Lipinski definition) is 4. The van der Waals surface area contributed by atoms with Gasteiger partial charge in [0.05, 0.1) is 27.5 Å². The van der Waals surface area contributed by atoms with Crippen LogP contribution in [0.25, 0.3) is 0 Å². The van der Waals surface area contributed by atoms with E-state index in [9.17, 15) is 18.0 Å². The minimum atomic E-state index is -4.78. The number of alkyl halides is 3. The lowest BCUT2D eigenvalue weighted by Gasteiger charge is -2.19. The van der Waals surface area contributed by atoms with E-state index >= 15 is 0 Å². The predicted octanol–water partition coefficient (Wildman–Crippen LogP) is 2.58. The molecule has 0 saturated carbocycles. The van der Waals surface area contributed by atoms with E-state index in [1.807, 2.05) is 0 Å². The fraction of sp³-hybridized carbons (Fsp3) is 0.100. The molecule has 0 spiro atoms. The minimum Gasteiger partial charge on any atom is -0.477 e. The van der Waals surface area contributed by atoms with Gasteiger partial charge in [0.15, 0.2) is 0 Å². The Morgan fingerprint density at radius 2 is 1.90 bits per heavy atom. The summed E-state index contributed by atoms with van der Waals surface area (Å²) in [5, 5.41) is 7.77. The van der Waals surface area contributed by atoms with Crippen LogP contribution in [0.3, 0.4) is 0 Å². The Morgan fingerprint density at radius 1 is 1.35 bits per heavy atom. The van der Waals surface area contributed by atoms with Gasteiger partial charge in [-0.3, -0.25) is 5.01 Å². The second kappa shape index (κ2) is 5.78. The Morgan fingerprint density at radius 3 is 2.35 bits per heavy atom. The maximum Gasteiger partial charge on any atom is 0.419 e. The number of carboxylic acids is 1. The van der Waals surface area contributed by atoms with Crippen LogP contribution in [-0.2, 0) is 11.0 Å². The monoisotopic (exact) mass is 329 g/mol. The number of anilines is 1. The van der Waals surface area contributed by atoms with Crippen molar-refractivity contribution in [3.8, 4) is 0 Å². The zero-order chi connectivity index (χ0) is 15.7. The maximum absolute atomic E-state index is 12.8. The molecule has 0 amide bonds. The molecule has 1 aromatic rings. The molecule has 0 saturated heterocycles. The number of nitrogens with zero attached hydrogens (tertiary/aromatic N) is 1. The van der Waals surface area contributed by atoms with E-state index in [2.05, 4.69) is 0 Å². The van der Waals surface area contributed by atoms with Crippen LogP contribution in [0.2, 0.25) is 10.0 Å². The van der Waals surface area contributed by atoms with Crippen molar-refractivity contribution < 1.29 is 23.1 Å². The van der Waals surface area contributed by atoms with E-state index in [0.717, 1.165) is 18.3 Å². The quantitative estimate of drug-likeness (QED) is 0.450. The third-order valence-electron chi connectivity index (χ3n) is 2.16. The number of carbonyl (C=O) groups is 1. The highest BCUT2D eigenvalue weighted by molar-refractivity contribution is 6.38. The molecule has 10 heteroatoms. The Kier molecular flexibility index (Phi) is 4.74. The van der Waals surface area contributed by atoms with E-state index < -0.39 is 33.5 Å². The summed E-state index contributed by atoms with van der Waals surface area (Å²) in [6.07, 6.45) is -4.06. The average molecular weight is 330 g/mol. The van der Waals surface area contributed by atoms with Gasteiger partial charge in [0.25, 0.3) is 0 Å². The molecule has 0 fully saturated rings. The number of aliphatic carboxylic acids is 1. The van der Waals surface area contributed by atoms with Gasteiger partial charge in [-0.2, -0.15) is 13.2 Å². The lowest BCUT2D eigenvalue weighted by atomic mass is 10.2. The lowest BCUT2D eigenvalue weighted by molar-refractivity contribution is -0.137. The molecule has 20 heavy (non-hydrogen) atoms. The molecule has 110 valence electrons. The number of halogens is 5. The molecule has 1 aromatic carbocycles. The first-order valence-corrected chi connectivity index (χ1v) is 5.61. The van der Waals surface area contributed by atoms with E-state index in [1.165, 1.54) is 0 Å². The molecule has 0 aliphatic heterocycles. The number of benzene rings is 1. The maximum atomic E-state index is 12.8. The molecule has 0 aliphatic carbocycles. The first-order valence-electron chi connectivity index (χ1n) is 4.85. The highest BCUT2D eigenvalue weighted by Gasteiger charge is 2.37. The molecule has 0 radical (unpaired) electrons. The van der Waals surface area contributed by atoms with Gasteiger partial charge >= 0.3 is 12.1 Å². The van der Waals surface area contributed by atoms with E-state index in [-0.39, 0.29) is 5.69 Å². The topological polar surface area (TPSA) is 92.6 Å². The van der Waals surface area contributed by atoms with Crippen LogP contribution in [0.15, 0.2) is 24.0 Å². The van der Waals surface area contributed by atoms with Crippen LogP contribution in [0, 0.1) is 0 Å². The summed E-state index contributed by atoms with van der Waals surface area (Å²) in [5.74, 6) is 3.93. The molecular formula is C10H8Cl2F3N3O2. The van der Waals surface area contributed by atoms with Gasteiger partial charge in [0.2, 0.25) is 0 Å². The second-order valence-corrected chi connectivity index (χ2v) is 4.34. The van der Waals surface area contributed by atoms with Crippen molar-refractivity contribution in [1.29, 1.82) is 0 Å². The smallest absolute Gasteiger partial charge is 0.419 e. The Balaban J connectivity index is 3.35. The Labute approximate surface area is 121 Å². The predicted molar refractivity (Wildman–Crippen MR) is 68.0 cm³/mol. The summed E-state index contributed by atoms with van der Waals surface area (Å²) in [5.41, 5.74) is 2.87. The summed E-state index contributed by atoms with van der Waals surface area (Å²) >= 11 is 11.1. The van der Waals surface area contributed by atoms with Gasteiger partial charge in [0, 0.05) is 0 Å². The zero-order valence-corrected chi connectivity index (χ0v) is 11.1. The summed E-state index contributed by atoms with van der Waals surface area (Å²) in [7, 11) is 0. The van der Waals surface area contributed by atoms with Crippen molar-refractivity contribution in [2.75, 3.05) is 5.01 Å². The zero-order valence-electron chi connectivity index (χ0n) is 9.58. The molecule has 0 aliphatic rings. The molecule has 0 atom stereocenters. The van der Waals surface area contributed by atoms with Crippen LogP contribution in [0.4, 0.5) is 18.9 Å². The number of nitrogens with two attached hydrogens (primary N) is 2. The number of hydrazine groups is 1. The van der Waals surface area contributed by atoms with Crippen molar-refractivity contribution in [3.63, 3.8) is 0 Å². The fourth-order valence-corrected chi connectivity index (χ4v) is 1.96. The van der Waals surface area contributed by atoms with Gasteiger partial charge in [-0.25, -0.2) is 10.6 Å². The first-order chi connectivity index (χ1) is 9.05. The SMILES string of the molecule is N/C(=C\N(N)c1ccc(Cl)c(C(F)(F)F)c1Cl)C(=O)O. The molecule has 0 unspecified atom stereocenters. The Bertz CT molecular complexity index is 576. The van der Waals surface area contributed by atoms with Crippen molar-refractivity contribution in [1.82, 2.24) is 0 Å². The van der Waals surface area contributed by atoms with Crippen LogP contribution in [-0.4, -0.2) is 11.1 Å². The van der Waals surface area contributed by atoms with Gasteiger partial charge in [-0.05, 0) is 12.1 Å². The molecule has 0 heterocycles. The summed E-state index contributed by atoms with van der Waals surface area (Å²) in [4.78, 5) is 10.5. The summed E-state index contributed by atoms with van der Waals surface area (Å²) < 4.78 is 38.3. The summed E-state index contributed by atoms with van der Waals surface area (Å²) in [6, 6.07) is 2.04. The standard InChI is InChI=1S/C10H8Cl2F3N3O2/c11-4-1-2-6(8(12)7(4)10(13,14)15)18(17)3-5(16)9(19)20/h1-3H,16-17H2,(H,19,20)/b5-3-. The van der Waals surface area contributed by atoms with Gasteiger partial charge in [-0.1, -0.05) is 23.2 Å². The van der Waals surface area contributed by atoms with Crippen molar-refractivity contribution in [2.45, 2.75) is 6.18 Å². The molecule has 0 aromatic heterocycles. The van der Waals surface area contributed by atoms with Crippen LogP contribution in [0.1, 0.15) is 5.56 Å². The number of rotatable bonds is 3. The van der Waals surface area contributed by atoms with Crippen LogP contribution >= 0.6 is 23.2 Å². The third kappa shape index (κ3) is 3.47. The highest BCUT2D eigenvalue weighted by atomic mass is 35.5. The van der Waals surface area contributed by atoms with Crippen molar-refractivity contribution in [3.05, 3.63) is 39.6 Å². The number of carboxylic acid groups (broad SMARTS) is 1. The molecular weight excluding hydrogens is 322 g/mol. The van der Waals surface area contributed by atoms with Crippen LogP contribution < -0.4 is 16.6 Å². The summed E-state index contributed by atoms with van der Waals surface area (Å²) in [6.45, 7) is 0. The van der Waals surface area contributed by atoms with E-state index in [4.69, 9.17) is 39.9 Å². The molecule has 0 bridgehead atoms. The van der Waals surface area contributed by atoms with E-state index in [1.54, 1.807) is 0 Å². The number of hydrogen-bond donors (Lipinski definition) is 3.